The summed E-state index contributed by atoms with van der Waals surface area (Å²) in [6.07, 6.45) is 3.33. The molecule has 2 aromatic heterocycles. The summed E-state index contributed by atoms with van der Waals surface area (Å²) in [6, 6.07) is 7.37. The number of hydrogen-bond donors (Lipinski definition) is 0. The molecule has 0 unspecified atom stereocenters. The van der Waals surface area contributed by atoms with Crippen LogP contribution in [0.1, 0.15) is 5.56 Å². The molecule has 0 aliphatic carbocycles. The van der Waals surface area contributed by atoms with Gasteiger partial charge in [0, 0.05) is 18.1 Å². The molecule has 0 bridgehead atoms. The van der Waals surface area contributed by atoms with Gasteiger partial charge >= 0.3 is 0 Å². The van der Waals surface area contributed by atoms with Crippen molar-refractivity contribution in [1.29, 1.82) is 0 Å². The number of ether oxygens (including phenoxy) is 4. The highest BCUT2D eigenvalue weighted by Crippen LogP contribution is 2.37. The second kappa shape index (κ2) is 9.94. The highest BCUT2D eigenvalue weighted by atomic mass is 32.1. The predicted octanol–water partition coefficient (Wildman–Crippen LogP) is 3.26. The van der Waals surface area contributed by atoms with E-state index in [0.717, 1.165) is 16.1 Å². The fourth-order valence-corrected chi connectivity index (χ4v) is 3.49. The van der Waals surface area contributed by atoms with E-state index >= 15 is 0 Å². The van der Waals surface area contributed by atoms with E-state index in [1.165, 1.54) is 11.3 Å². The van der Waals surface area contributed by atoms with Gasteiger partial charge in [0.25, 0.3) is 0 Å². The third-order valence-corrected chi connectivity index (χ3v) is 4.86. The molecule has 1 aromatic carbocycles. The Morgan fingerprint density at radius 3 is 2.45 bits per heavy atom. The number of nitrogens with zero attached hydrogens (tertiary/aromatic N) is 3. The molecule has 0 saturated carbocycles. The van der Waals surface area contributed by atoms with Crippen LogP contribution < -0.4 is 19.0 Å². The lowest BCUT2D eigenvalue weighted by atomic mass is 10.2. The highest BCUT2D eigenvalue weighted by Gasteiger charge is 2.13. The summed E-state index contributed by atoms with van der Waals surface area (Å²) < 4.78 is 28.6. The van der Waals surface area contributed by atoms with Crippen LogP contribution in [0.3, 0.4) is 0 Å². The van der Waals surface area contributed by atoms with Crippen molar-refractivity contribution in [3.8, 4) is 28.7 Å². The number of hydrogen-bond acceptors (Lipinski definition) is 8. The number of thiazole rings is 1. The maximum atomic E-state index is 5.54. The summed E-state index contributed by atoms with van der Waals surface area (Å²) in [5, 5.41) is 6.59. The van der Waals surface area contributed by atoms with E-state index in [0.29, 0.717) is 36.2 Å². The monoisotopic (exact) mass is 417 g/mol. The van der Waals surface area contributed by atoms with Crippen molar-refractivity contribution in [3.63, 3.8) is 0 Å². The molecule has 8 nitrogen and oxygen atoms in total. The molecule has 3 aromatic rings. The SMILES string of the molecule is COCCN=c1scc(-c2ccco2)n1N=Cc1cc(OC)c(OC)c(OC)c1. The molecule has 0 radical (unpaired) electrons. The van der Waals surface area contributed by atoms with Crippen molar-refractivity contribution in [2.75, 3.05) is 41.6 Å². The molecule has 0 amide bonds. The zero-order valence-electron chi connectivity index (χ0n) is 16.7. The van der Waals surface area contributed by atoms with E-state index in [-0.39, 0.29) is 0 Å². The largest absolute Gasteiger partial charge is 0.493 e. The number of methoxy groups -OCH3 is 4. The van der Waals surface area contributed by atoms with E-state index in [9.17, 15) is 0 Å². The Hall–Kier alpha value is -3.04. The van der Waals surface area contributed by atoms with Gasteiger partial charge < -0.3 is 23.4 Å². The van der Waals surface area contributed by atoms with Crippen LogP contribution in [0.15, 0.2) is 50.4 Å². The number of furan rings is 1. The van der Waals surface area contributed by atoms with E-state index in [4.69, 9.17) is 23.4 Å². The smallest absolute Gasteiger partial charge is 0.206 e. The van der Waals surface area contributed by atoms with Crippen LogP contribution in [0.5, 0.6) is 17.2 Å². The van der Waals surface area contributed by atoms with Crippen LogP contribution >= 0.6 is 11.3 Å². The predicted molar refractivity (Wildman–Crippen MR) is 111 cm³/mol. The van der Waals surface area contributed by atoms with Gasteiger partial charge in [-0.05, 0) is 24.3 Å². The zero-order chi connectivity index (χ0) is 20.6. The number of rotatable bonds is 9. The average molecular weight is 417 g/mol. The van der Waals surface area contributed by atoms with Crippen LogP contribution in [-0.2, 0) is 4.74 Å². The van der Waals surface area contributed by atoms with E-state index in [2.05, 4.69) is 10.1 Å². The van der Waals surface area contributed by atoms with Crippen molar-refractivity contribution >= 4 is 17.6 Å². The van der Waals surface area contributed by atoms with Crippen LogP contribution in [0, 0.1) is 0 Å². The minimum Gasteiger partial charge on any atom is -0.493 e. The van der Waals surface area contributed by atoms with Crippen molar-refractivity contribution < 1.29 is 23.4 Å². The Morgan fingerprint density at radius 1 is 1.10 bits per heavy atom. The van der Waals surface area contributed by atoms with Gasteiger partial charge in [0.2, 0.25) is 10.6 Å². The summed E-state index contributed by atoms with van der Waals surface area (Å²) in [4.78, 5) is 5.30. The third-order valence-electron chi connectivity index (χ3n) is 4.01. The molecule has 0 saturated heterocycles. The molecule has 0 atom stereocenters. The minimum atomic E-state index is 0.530. The first-order valence-electron chi connectivity index (χ1n) is 8.80. The summed E-state index contributed by atoms with van der Waals surface area (Å²) in [5.41, 5.74) is 1.59. The van der Waals surface area contributed by atoms with E-state index in [1.54, 1.807) is 45.6 Å². The van der Waals surface area contributed by atoms with Crippen molar-refractivity contribution in [2.45, 2.75) is 0 Å². The fraction of sp³-hybridized carbons (Fsp3) is 0.300. The highest BCUT2D eigenvalue weighted by molar-refractivity contribution is 7.07. The molecule has 0 spiro atoms. The van der Waals surface area contributed by atoms with Crippen LogP contribution in [-0.4, -0.2) is 52.5 Å². The van der Waals surface area contributed by atoms with Crippen molar-refractivity contribution in [1.82, 2.24) is 4.68 Å². The van der Waals surface area contributed by atoms with Gasteiger partial charge in [0.15, 0.2) is 17.3 Å². The van der Waals surface area contributed by atoms with Gasteiger partial charge in [-0.15, -0.1) is 11.3 Å². The molecule has 0 fully saturated rings. The van der Waals surface area contributed by atoms with Gasteiger partial charge in [0.1, 0.15) is 5.69 Å². The van der Waals surface area contributed by atoms with Gasteiger partial charge in [-0.2, -0.15) is 5.10 Å². The molecular weight excluding hydrogens is 394 g/mol. The second-order valence-corrected chi connectivity index (χ2v) is 6.61. The Labute approximate surface area is 172 Å². The first-order valence-corrected chi connectivity index (χ1v) is 9.68. The quantitative estimate of drug-likeness (QED) is 0.394. The third kappa shape index (κ3) is 4.69. The van der Waals surface area contributed by atoms with Gasteiger partial charge in [0.05, 0.1) is 47.0 Å². The maximum absolute atomic E-state index is 5.54. The second-order valence-electron chi connectivity index (χ2n) is 5.77. The van der Waals surface area contributed by atoms with Gasteiger partial charge in [-0.1, -0.05) is 0 Å². The molecule has 154 valence electrons. The van der Waals surface area contributed by atoms with E-state index in [1.807, 2.05) is 29.6 Å². The molecule has 29 heavy (non-hydrogen) atoms. The first kappa shape index (κ1) is 20.7. The zero-order valence-corrected chi connectivity index (χ0v) is 17.6. The molecule has 2 heterocycles. The average Bonchev–Trinajstić information content (AvgIpc) is 3.41. The molecule has 3 rings (SSSR count). The lowest BCUT2D eigenvalue weighted by molar-refractivity contribution is 0.207. The molecule has 0 aliphatic rings. The van der Waals surface area contributed by atoms with Crippen molar-refractivity contribution in [2.24, 2.45) is 10.1 Å². The normalized spacial score (nSPS) is 11.9. The standard InChI is InChI=1S/C20H23N3O5S/c1-24-9-7-21-20-23(15(13-29-20)16-6-5-8-28-16)22-12-14-10-17(25-2)19(27-4)18(11-14)26-3/h5-6,8,10-13H,7,9H2,1-4H3. The first-order chi connectivity index (χ1) is 14.2. The van der Waals surface area contributed by atoms with Crippen LogP contribution in [0.25, 0.3) is 11.5 Å². The fourth-order valence-electron chi connectivity index (χ4n) is 2.65. The Balaban J connectivity index is 2.04. The molecule has 0 N–H and O–H groups in total. The summed E-state index contributed by atoms with van der Waals surface area (Å²) in [5.74, 6) is 2.35. The Morgan fingerprint density at radius 2 is 1.86 bits per heavy atom. The maximum Gasteiger partial charge on any atom is 0.206 e. The van der Waals surface area contributed by atoms with Crippen LogP contribution in [0.2, 0.25) is 0 Å². The van der Waals surface area contributed by atoms with Gasteiger partial charge in [-0.25, -0.2) is 4.68 Å². The number of aromatic nitrogens is 1. The van der Waals surface area contributed by atoms with Crippen molar-refractivity contribution in [3.05, 3.63) is 46.3 Å². The summed E-state index contributed by atoms with van der Waals surface area (Å²) >= 11 is 1.48. The molecular formula is C20H23N3O5S. The number of benzene rings is 1. The topological polar surface area (TPSA) is 79.7 Å². The minimum absolute atomic E-state index is 0.530. The summed E-state index contributed by atoms with van der Waals surface area (Å²) in [6.45, 7) is 1.07. The molecule has 9 heteroatoms. The lowest BCUT2D eigenvalue weighted by Gasteiger charge is -2.12. The lowest BCUT2D eigenvalue weighted by Crippen LogP contribution is -2.13. The summed E-state index contributed by atoms with van der Waals surface area (Å²) in [7, 11) is 6.37. The Bertz CT molecular complexity index is 996. The van der Waals surface area contributed by atoms with E-state index < -0.39 is 0 Å². The molecule has 0 aliphatic heterocycles. The Kier molecular flexibility index (Phi) is 7.09. The van der Waals surface area contributed by atoms with Gasteiger partial charge in [-0.3, -0.25) is 4.99 Å². The van der Waals surface area contributed by atoms with Crippen LogP contribution in [0.4, 0.5) is 0 Å².